The first-order valence-electron chi connectivity index (χ1n) is 8.78. The number of rotatable bonds is 7. The molecule has 0 aromatic heterocycles. The van der Waals surface area contributed by atoms with E-state index in [1.54, 1.807) is 12.1 Å². The summed E-state index contributed by atoms with van der Waals surface area (Å²) >= 11 is 0. The van der Waals surface area contributed by atoms with Gasteiger partial charge >= 0.3 is 0 Å². The van der Waals surface area contributed by atoms with Crippen LogP contribution in [0.15, 0.2) is 53.4 Å². The molecule has 9 heteroatoms. The van der Waals surface area contributed by atoms with Crippen LogP contribution < -0.4 is 15.8 Å². The van der Waals surface area contributed by atoms with E-state index in [9.17, 15) is 13.2 Å². The molecule has 0 saturated heterocycles. The number of carbonyl (C=O) groups excluding carboxylic acids is 1. The zero-order valence-electron chi connectivity index (χ0n) is 15.3. The minimum absolute atomic E-state index is 0. The van der Waals surface area contributed by atoms with Crippen molar-refractivity contribution in [3.8, 4) is 0 Å². The number of hydrogen-bond donors (Lipinski definition) is 3. The first-order valence-corrected chi connectivity index (χ1v) is 10.3. The van der Waals surface area contributed by atoms with Crippen molar-refractivity contribution in [1.82, 2.24) is 4.72 Å². The summed E-state index contributed by atoms with van der Waals surface area (Å²) in [5.74, 6) is -0.235. The summed E-state index contributed by atoms with van der Waals surface area (Å²) in [4.78, 5) is 12.5. The standard InChI is InChI=1S/C19H23N3O4S.ClH/c20-9-10-21-27(24,25)16-6-3-5-15(12-16)22-19(23)13-18-17-7-2-1-4-14(17)8-11-26-18;/h1-7,12,18,21H,8-11,13,20H2,(H,22,23);1H. The second-order valence-electron chi connectivity index (χ2n) is 6.27. The minimum Gasteiger partial charge on any atom is -0.373 e. The van der Waals surface area contributed by atoms with Crippen molar-refractivity contribution in [2.75, 3.05) is 25.0 Å². The van der Waals surface area contributed by atoms with Gasteiger partial charge in [0.1, 0.15) is 0 Å². The first kappa shape index (κ1) is 22.3. The third-order valence-electron chi connectivity index (χ3n) is 4.33. The van der Waals surface area contributed by atoms with Crippen molar-refractivity contribution in [3.63, 3.8) is 0 Å². The topological polar surface area (TPSA) is 111 Å². The molecule has 0 fully saturated rings. The van der Waals surface area contributed by atoms with Crippen molar-refractivity contribution in [3.05, 3.63) is 59.7 Å². The van der Waals surface area contributed by atoms with Gasteiger partial charge in [0.15, 0.2) is 0 Å². The number of hydrogen-bond acceptors (Lipinski definition) is 5. The largest absolute Gasteiger partial charge is 0.373 e. The fourth-order valence-electron chi connectivity index (χ4n) is 3.04. The van der Waals surface area contributed by atoms with Gasteiger partial charge in [0.05, 0.1) is 24.0 Å². The summed E-state index contributed by atoms with van der Waals surface area (Å²) in [6.07, 6.45) is 0.705. The number of fused-ring (bicyclic) bond motifs is 1. The van der Waals surface area contributed by atoms with Gasteiger partial charge in [-0.1, -0.05) is 30.3 Å². The number of nitrogens with two attached hydrogens (primary N) is 1. The Morgan fingerprint density at radius 1 is 1.18 bits per heavy atom. The van der Waals surface area contributed by atoms with E-state index in [4.69, 9.17) is 10.5 Å². The maximum absolute atomic E-state index is 12.5. The monoisotopic (exact) mass is 425 g/mol. The van der Waals surface area contributed by atoms with Crippen LogP contribution in [0.25, 0.3) is 0 Å². The minimum atomic E-state index is -3.65. The van der Waals surface area contributed by atoms with Crippen molar-refractivity contribution in [2.45, 2.75) is 23.8 Å². The Balaban J connectivity index is 0.00000280. The van der Waals surface area contributed by atoms with Crippen LogP contribution in [0, 0.1) is 0 Å². The molecule has 0 radical (unpaired) electrons. The van der Waals surface area contributed by atoms with E-state index in [0.717, 1.165) is 12.0 Å². The van der Waals surface area contributed by atoms with Crippen LogP contribution in [0.3, 0.4) is 0 Å². The van der Waals surface area contributed by atoms with E-state index in [0.29, 0.717) is 12.3 Å². The van der Waals surface area contributed by atoms with E-state index in [2.05, 4.69) is 10.0 Å². The smallest absolute Gasteiger partial charge is 0.240 e. The molecule has 0 aliphatic carbocycles. The molecule has 0 spiro atoms. The van der Waals surface area contributed by atoms with Gasteiger partial charge in [-0.2, -0.15) is 0 Å². The summed E-state index contributed by atoms with van der Waals surface area (Å²) < 4.78 is 32.5. The fraction of sp³-hybridized carbons (Fsp3) is 0.316. The molecular formula is C19H24ClN3O4S. The maximum atomic E-state index is 12.5. The zero-order valence-corrected chi connectivity index (χ0v) is 16.9. The van der Waals surface area contributed by atoms with Crippen molar-refractivity contribution in [1.29, 1.82) is 0 Å². The Labute approximate surface area is 171 Å². The van der Waals surface area contributed by atoms with E-state index in [-0.39, 0.29) is 48.8 Å². The van der Waals surface area contributed by atoms with Crippen LogP contribution in [0.2, 0.25) is 0 Å². The van der Waals surface area contributed by atoms with Crippen molar-refractivity contribution in [2.24, 2.45) is 5.73 Å². The third kappa shape index (κ3) is 5.52. The highest BCUT2D eigenvalue weighted by atomic mass is 35.5. The summed E-state index contributed by atoms with van der Waals surface area (Å²) in [5.41, 5.74) is 7.98. The van der Waals surface area contributed by atoms with Gasteiger partial charge in [0.25, 0.3) is 0 Å². The lowest BCUT2D eigenvalue weighted by molar-refractivity contribution is -0.119. The Morgan fingerprint density at radius 2 is 1.96 bits per heavy atom. The van der Waals surface area contributed by atoms with Crippen LogP contribution in [-0.4, -0.2) is 34.0 Å². The summed E-state index contributed by atoms with van der Waals surface area (Å²) in [6, 6.07) is 14.1. The zero-order chi connectivity index (χ0) is 19.3. The molecule has 2 aromatic carbocycles. The van der Waals surface area contributed by atoms with Gasteiger partial charge in [-0.15, -0.1) is 12.4 Å². The van der Waals surface area contributed by atoms with Crippen LogP contribution in [0.1, 0.15) is 23.7 Å². The summed E-state index contributed by atoms with van der Waals surface area (Å²) in [5, 5.41) is 2.75. The quantitative estimate of drug-likeness (QED) is 0.628. The van der Waals surface area contributed by atoms with Gasteiger partial charge in [-0.3, -0.25) is 4.79 Å². The molecule has 1 unspecified atom stereocenters. The number of amides is 1. The number of halogens is 1. The van der Waals surface area contributed by atoms with Crippen LogP contribution in [0.5, 0.6) is 0 Å². The lowest BCUT2D eigenvalue weighted by Crippen LogP contribution is -2.29. The Morgan fingerprint density at radius 3 is 2.75 bits per heavy atom. The molecule has 1 amide bonds. The van der Waals surface area contributed by atoms with E-state index < -0.39 is 10.0 Å². The molecule has 1 aliphatic rings. The average Bonchev–Trinajstić information content (AvgIpc) is 2.67. The van der Waals surface area contributed by atoms with Crippen molar-refractivity contribution >= 4 is 34.0 Å². The van der Waals surface area contributed by atoms with Gasteiger partial charge < -0.3 is 15.8 Å². The molecule has 28 heavy (non-hydrogen) atoms. The van der Waals surface area contributed by atoms with E-state index >= 15 is 0 Å². The Hall–Kier alpha value is -1.97. The first-order chi connectivity index (χ1) is 13.0. The number of anilines is 1. The predicted molar refractivity (Wildman–Crippen MR) is 110 cm³/mol. The van der Waals surface area contributed by atoms with E-state index in [1.165, 1.54) is 17.7 Å². The highest BCUT2D eigenvalue weighted by Crippen LogP contribution is 2.29. The molecule has 1 aliphatic heterocycles. The van der Waals surface area contributed by atoms with Gasteiger partial charge in [-0.25, -0.2) is 13.1 Å². The lowest BCUT2D eigenvalue weighted by atomic mass is 9.95. The molecular weight excluding hydrogens is 402 g/mol. The number of sulfonamides is 1. The Bertz CT molecular complexity index is 921. The summed E-state index contributed by atoms with van der Waals surface area (Å²) in [7, 11) is -3.65. The van der Waals surface area contributed by atoms with E-state index in [1.807, 2.05) is 24.3 Å². The molecule has 2 aromatic rings. The Kier molecular flexibility index (Phi) is 7.97. The molecule has 3 rings (SSSR count). The van der Waals surface area contributed by atoms with Gasteiger partial charge in [0, 0.05) is 18.8 Å². The highest BCUT2D eigenvalue weighted by Gasteiger charge is 2.23. The van der Waals surface area contributed by atoms with Gasteiger partial charge in [0.2, 0.25) is 15.9 Å². The number of ether oxygens (including phenoxy) is 1. The molecule has 1 heterocycles. The average molecular weight is 426 g/mol. The van der Waals surface area contributed by atoms with Crippen LogP contribution >= 0.6 is 12.4 Å². The molecule has 4 N–H and O–H groups in total. The second-order valence-corrected chi connectivity index (χ2v) is 8.04. The summed E-state index contributed by atoms with van der Waals surface area (Å²) in [6.45, 7) is 0.936. The number of benzene rings is 2. The second kappa shape index (κ2) is 9.99. The van der Waals surface area contributed by atoms with Crippen molar-refractivity contribution < 1.29 is 17.9 Å². The molecule has 1 atom stereocenters. The number of carbonyl (C=O) groups is 1. The predicted octanol–water partition coefficient (Wildman–Crippen LogP) is 1.99. The highest BCUT2D eigenvalue weighted by molar-refractivity contribution is 7.89. The van der Waals surface area contributed by atoms with Crippen LogP contribution in [0.4, 0.5) is 5.69 Å². The fourth-order valence-corrected chi connectivity index (χ4v) is 4.14. The molecule has 0 bridgehead atoms. The number of nitrogens with one attached hydrogen (secondary N) is 2. The lowest BCUT2D eigenvalue weighted by Gasteiger charge is -2.25. The van der Waals surface area contributed by atoms with Crippen LogP contribution in [-0.2, 0) is 26.0 Å². The molecule has 0 saturated carbocycles. The maximum Gasteiger partial charge on any atom is 0.240 e. The third-order valence-corrected chi connectivity index (χ3v) is 5.79. The van der Waals surface area contributed by atoms with Gasteiger partial charge in [-0.05, 0) is 35.7 Å². The normalized spacial score (nSPS) is 16.0. The SMILES string of the molecule is Cl.NCCNS(=O)(=O)c1cccc(NC(=O)CC2OCCc3ccccc32)c1. The molecule has 152 valence electrons. The molecule has 7 nitrogen and oxygen atoms in total.